The minimum Gasteiger partial charge on any atom is -0.496 e. The normalized spacial score (nSPS) is 13.0. The fraction of sp³-hybridized carbons (Fsp3) is 0.647. The van der Waals surface area contributed by atoms with Crippen molar-refractivity contribution < 1.29 is 4.74 Å². The highest BCUT2D eigenvalue weighted by Gasteiger charge is 2.11. The molecule has 0 fully saturated rings. The minimum absolute atomic E-state index is 0.314. The van der Waals surface area contributed by atoms with Crippen LogP contribution in [0.15, 0.2) is 18.2 Å². The molecule has 1 N–H and O–H groups in total. The highest BCUT2D eigenvalue weighted by atomic mass is 16.5. The lowest BCUT2D eigenvalue weighted by Crippen LogP contribution is -2.30. The fourth-order valence-corrected chi connectivity index (χ4v) is 2.21. The van der Waals surface area contributed by atoms with Crippen LogP contribution in [-0.2, 0) is 0 Å². The van der Waals surface area contributed by atoms with E-state index in [0.717, 1.165) is 25.3 Å². The number of hydrogen-bond acceptors (Lipinski definition) is 3. The fourth-order valence-electron chi connectivity index (χ4n) is 2.21. The molecule has 0 saturated heterocycles. The second kappa shape index (κ2) is 8.28. The average molecular weight is 278 g/mol. The maximum absolute atomic E-state index is 5.45. The van der Waals surface area contributed by atoms with Gasteiger partial charge in [0.1, 0.15) is 5.75 Å². The van der Waals surface area contributed by atoms with Crippen LogP contribution in [0.5, 0.6) is 5.75 Å². The molecule has 0 bridgehead atoms. The summed E-state index contributed by atoms with van der Waals surface area (Å²) in [5.74, 6) is 0.967. The van der Waals surface area contributed by atoms with Crippen LogP contribution in [0, 0.1) is 6.92 Å². The van der Waals surface area contributed by atoms with E-state index < -0.39 is 0 Å². The van der Waals surface area contributed by atoms with Gasteiger partial charge in [-0.15, -0.1) is 0 Å². The zero-order chi connectivity index (χ0) is 15.1. The molecule has 1 atom stereocenters. The number of aryl methyl sites for hydroxylation is 1. The molecule has 114 valence electrons. The monoisotopic (exact) mass is 278 g/mol. The van der Waals surface area contributed by atoms with E-state index in [1.54, 1.807) is 7.11 Å². The van der Waals surface area contributed by atoms with Gasteiger partial charge in [0.25, 0.3) is 0 Å². The third-order valence-corrected chi connectivity index (χ3v) is 3.87. The van der Waals surface area contributed by atoms with E-state index in [-0.39, 0.29) is 0 Å². The van der Waals surface area contributed by atoms with Crippen molar-refractivity contribution >= 4 is 0 Å². The van der Waals surface area contributed by atoms with Gasteiger partial charge in [0.15, 0.2) is 0 Å². The molecule has 0 saturated carbocycles. The number of methoxy groups -OCH3 is 1. The standard InChI is InChI=1S/C17H30N2O/c1-13(2)19(5)11-7-10-18-15(4)16-12-14(3)8-9-17(16)20-6/h8-9,12-13,15,18H,7,10-11H2,1-6H3. The molecule has 1 aromatic rings. The molecule has 0 radical (unpaired) electrons. The van der Waals surface area contributed by atoms with Gasteiger partial charge >= 0.3 is 0 Å². The summed E-state index contributed by atoms with van der Waals surface area (Å²) in [6.45, 7) is 10.9. The SMILES string of the molecule is COc1ccc(C)cc1C(C)NCCCN(C)C(C)C. The second-order valence-electron chi connectivity index (χ2n) is 5.85. The Hall–Kier alpha value is -1.06. The first-order chi connectivity index (χ1) is 9.45. The lowest BCUT2D eigenvalue weighted by Gasteiger charge is -2.22. The Bertz CT molecular complexity index is 404. The molecule has 20 heavy (non-hydrogen) atoms. The Morgan fingerprint density at radius 2 is 1.95 bits per heavy atom. The predicted molar refractivity (Wildman–Crippen MR) is 86.5 cm³/mol. The summed E-state index contributed by atoms with van der Waals surface area (Å²) in [6.07, 6.45) is 1.16. The highest BCUT2D eigenvalue weighted by Crippen LogP contribution is 2.25. The van der Waals surface area contributed by atoms with Crippen molar-refractivity contribution in [2.75, 3.05) is 27.2 Å². The first kappa shape index (κ1) is 17.0. The molecule has 0 heterocycles. The van der Waals surface area contributed by atoms with Crippen molar-refractivity contribution in [3.8, 4) is 5.75 Å². The van der Waals surface area contributed by atoms with Gasteiger partial charge in [0.2, 0.25) is 0 Å². The van der Waals surface area contributed by atoms with E-state index in [9.17, 15) is 0 Å². The van der Waals surface area contributed by atoms with E-state index in [2.05, 4.69) is 63.2 Å². The number of nitrogens with zero attached hydrogens (tertiary/aromatic N) is 1. The van der Waals surface area contributed by atoms with Gasteiger partial charge in [-0.05, 0) is 60.3 Å². The molecular weight excluding hydrogens is 248 g/mol. The lowest BCUT2D eigenvalue weighted by molar-refractivity contribution is 0.268. The number of ether oxygens (including phenoxy) is 1. The first-order valence-electron chi connectivity index (χ1n) is 7.54. The van der Waals surface area contributed by atoms with Crippen LogP contribution in [0.2, 0.25) is 0 Å². The lowest BCUT2D eigenvalue weighted by atomic mass is 10.0. The number of benzene rings is 1. The van der Waals surface area contributed by atoms with E-state index in [0.29, 0.717) is 12.1 Å². The van der Waals surface area contributed by atoms with Crippen molar-refractivity contribution in [3.05, 3.63) is 29.3 Å². The molecule has 0 aromatic heterocycles. The van der Waals surface area contributed by atoms with Gasteiger partial charge in [-0.3, -0.25) is 0 Å². The summed E-state index contributed by atoms with van der Waals surface area (Å²) in [7, 11) is 3.91. The maximum Gasteiger partial charge on any atom is 0.123 e. The van der Waals surface area contributed by atoms with Crippen molar-refractivity contribution in [3.63, 3.8) is 0 Å². The van der Waals surface area contributed by atoms with Gasteiger partial charge < -0.3 is 15.0 Å². The van der Waals surface area contributed by atoms with E-state index in [1.165, 1.54) is 11.1 Å². The van der Waals surface area contributed by atoms with Crippen LogP contribution >= 0.6 is 0 Å². The Kier molecular flexibility index (Phi) is 7.03. The van der Waals surface area contributed by atoms with Crippen LogP contribution in [0.1, 0.15) is 44.4 Å². The maximum atomic E-state index is 5.45. The molecule has 0 aliphatic carbocycles. The molecule has 0 aliphatic heterocycles. The summed E-state index contributed by atoms with van der Waals surface area (Å²) in [6, 6.07) is 7.28. The Labute approximate surface area is 124 Å². The van der Waals surface area contributed by atoms with Gasteiger partial charge in [-0.25, -0.2) is 0 Å². The summed E-state index contributed by atoms with van der Waals surface area (Å²) < 4.78 is 5.45. The Morgan fingerprint density at radius 3 is 2.55 bits per heavy atom. The minimum atomic E-state index is 0.314. The third-order valence-electron chi connectivity index (χ3n) is 3.87. The van der Waals surface area contributed by atoms with E-state index in [1.807, 2.05) is 0 Å². The molecule has 1 rings (SSSR count). The van der Waals surface area contributed by atoms with Crippen LogP contribution in [0.3, 0.4) is 0 Å². The van der Waals surface area contributed by atoms with Gasteiger partial charge in [0, 0.05) is 17.6 Å². The van der Waals surface area contributed by atoms with E-state index in [4.69, 9.17) is 4.74 Å². The first-order valence-corrected chi connectivity index (χ1v) is 7.54. The van der Waals surface area contributed by atoms with Gasteiger partial charge in [0.05, 0.1) is 7.11 Å². The van der Waals surface area contributed by atoms with Crippen molar-refractivity contribution in [1.82, 2.24) is 10.2 Å². The molecule has 0 amide bonds. The molecule has 1 aromatic carbocycles. The average Bonchev–Trinajstić information content (AvgIpc) is 2.42. The Balaban J connectivity index is 2.47. The third kappa shape index (κ3) is 5.14. The number of rotatable bonds is 8. The molecule has 0 aliphatic rings. The summed E-state index contributed by atoms with van der Waals surface area (Å²) >= 11 is 0. The quantitative estimate of drug-likeness (QED) is 0.738. The van der Waals surface area contributed by atoms with Crippen LogP contribution < -0.4 is 10.1 Å². The van der Waals surface area contributed by atoms with Crippen LogP contribution in [0.25, 0.3) is 0 Å². The largest absolute Gasteiger partial charge is 0.496 e. The summed E-state index contributed by atoms with van der Waals surface area (Å²) in [4.78, 5) is 2.37. The second-order valence-corrected chi connectivity index (χ2v) is 5.85. The molecule has 3 heteroatoms. The molecule has 3 nitrogen and oxygen atoms in total. The van der Waals surface area contributed by atoms with Gasteiger partial charge in [-0.2, -0.15) is 0 Å². The van der Waals surface area contributed by atoms with Crippen LogP contribution in [0.4, 0.5) is 0 Å². The summed E-state index contributed by atoms with van der Waals surface area (Å²) in [5.41, 5.74) is 2.51. The van der Waals surface area contributed by atoms with Crippen molar-refractivity contribution in [2.24, 2.45) is 0 Å². The zero-order valence-corrected chi connectivity index (χ0v) is 13.9. The van der Waals surface area contributed by atoms with Crippen LogP contribution in [-0.4, -0.2) is 38.2 Å². The van der Waals surface area contributed by atoms with E-state index >= 15 is 0 Å². The van der Waals surface area contributed by atoms with Gasteiger partial charge in [-0.1, -0.05) is 17.7 Å². The molecular formula is C17H30N2O. The highest BCUT2D eigenvalue weighted by molar-refractivity contribution is 5.38. The topological polar surface area (TPSA) is 24.5 Å². The molecule has 1 unspecified atom stereocenters. The van der Waals surface area contributed by atoms with Crippen molar-refractivity contribution in [1.29, 1.82) is 0 Å². The molecule has 0 spiro atoms. The summed E-state index contributed by atoms with van der Waals surface area (Å²) in [5, 5.41) is 3.59. The smallest absolute Gasteiger partial charge is 0.123 e. The Morgan fingerprint density at radius 1 is 1.25 bits per heavy atom. The predicted octanol–water partition coefficient (Wildman–Crippen LogP) is 3.38. The number of nitrogens with one attached hydrogen (secondary N) is 1. The zero-order valence-electron chi connectivity index (χ0n) is 13.9. The number of hydrogen-bond donors (Lipinski definition) is 1. The van der Waals surface area contributed by atoms with Crippen molar-refractivity contribution in [2.45, 2.75) is 46.2 Å².